The maximum Gasteiger partial charge on any atom is 0.490 e. The zero-order valence-electron chi connectivity index (χ0n) is 17.2. The number of carboxylic acid groups (broad SMARTS) is 1. The number of rotatable bonds is 6. The first-order chi connectivity index (χ1) is 14.7. The van der Waals surface area contributed by atoms with Crippen LogP contribution in [0.2, 0.25) is 0 Å². The highest BCUT2D eigenvalue weighted by molar-refractivity contribution is 5.76. The second-order valence-corrected chi connectivity index (χ2v) is 7.13. The van der Waals surface area contributed by atoms with E-state index in [9.17, 15) is 18.0 Å². The summed E-state index contributed by atoms with van der Waals surface area (Å²) >= 11 is 0. The number of carbonyl (C=O) groups excluding carboxylic acids is 1. The third-order valence-electron chi connectivity index (χ3n) is 4.65. The lowest BCUT2D eigenvalue weighted by atomic mass is 10.2. The van der Waals surface area contributed by atoms with Crippen molar-refractivity contribution in [2.45, 2.75) is 58.2 Å². The molecule has 170 valence electrons. The Hall–Kier alpha value is -2.88. The number of alkyl halides is 3. The van der Waals surface area contributed by atoms with E-state index in [0.717, 1.165) is 24.9 Å². The summed E-state index contributed by atoms with van der Waals surface area (Å²) in [5, 5.41) is 7.12. The number of nitrogens with zero attached hydrogens (tertiary/aromatic N) is 3. The zero-order chi connectivity index (χ0) is 22.9. The van der Waals surface area contributed by atoms with Gasteiger partial charge in [-0.2, -0.15) is 13.2 Å². The van der Waals surface area contributed by atoms with E-state index in [1.54, 1.807) is 6.20 Å². The quantitative estimate of drug-likeness (QED) is 0.740. The first-order valence-electron chi connectivity index (χ1n) is 9.93. The smallest absolute Gasteiger partial charge is 0.475 e. The van der Waals surface area contributed by atoms with Gasteiger partial charge in [-0.05, 0) is 30.2 Å². The lowest BCUT2D eigenvalue weighted by Crippen LogP contribution is -2.37. The Labute approximate surface area is 178 Å². The van der Waals surface area contributed by atoms with E-state index in [4.69, 9.17) is 14.6 Å². The summed E-state index contributed by atoms with van der Waals surface area (Å²) < 4.78 is 40.0. The second kappa shape index (κ2) is 11.5. The predicted molar refractivity (Wildman–Crippen MR) is 106 cm³/mol. The largest absolute Gasteiger partial charge is 0.490 e. The highest BCUT2D eigenvalue weighted by Gasteiger charge is 2.38. The molecular formula is C21H26F3N3O4. The minimum atomic E-state index is -5.08. The molecule has 7 nitrogen and oxygen atoms in total. The van der Waals surface area contributed by atoms with Crippen molar-refractivity contribution < 1.29 is 32.6 Å². The number of ether oxygens (including phenoxy) is 1. The second-order valence-electron chi connectivity index (χ2n) is 7.13. The van der Waals surface area contributed by atoms with Gasteiger partial charge in [-0.25, -0.2) is 4.79 Å². The summed E-state index contributed by atoms with van der Waals surface area (Å²) in [4.78, 5) is 27.5. The third-order valence-corrected chi connectivity index (χ3v) is 4.65. The Morgan fingerprint density at radius 3 is 2.61 bits per heavy atom. The van der Waals surface area contributed by atoms with Crippen LogP contribution in [0.25, 0.3) is 0 Å². The van der Waals surface area contributed by atoms with Gasteiger partial charge in [0.2, 0.25) is 5.91 Å². The van der Waals surface area contributed by atoms with Gasteiger partial charge in [0.25, 0.3) is 0 Å². The number of carboxylic acids is 1. The molecule has 1 atom stereocenters. The fourth-order valence-electron chi connectivity index (χ4n) is 3.03. The molecule has 2 aromatic heterocycles. The number of pyridine rings is 1. The van der Waals surface area contributed by atoms with Crippen molar-refractivity contribution in [3.05, 3.63) is 54.1 Å². The molecule has 1 aliphatic heterocycles. The van der Waals surface area contributed by atoms with Gasteiger partial charge >= 0.3 is 12.1 Å². The van der Waals surface area contributed by atoms with E-state index >= 15 is 0 Å². The molecule has 3 heterocycles. The Morgan fingerprint density at radius 1 is 1.26 bits per heavy atom. The molecule has 3 rings (SSSR count). The molecule has 0 saturated carbocycles. The van der Waals surface area contributed by atoms with Gasteiger partial charge in [-0.1, -0.05) is 19.4 Å². The molecule has 0 saturated heterocycles. The van der Waals surface area contributed by atoms with Crippen LogP contribution in [0.15, 0.2) is 42.9 Å². The predicted octanol–water partition coefficient (Wildman–Crippen LogP) is 3.63. The summed E-state index contributed by atoms with van der Waals surface area (Å²) in [6.45, 7) is 4.72. The average molecular weight is 441 g/mol. The number of carbonyl (C=O) groups is 2. The van der Waals surface area contributed by atoms with Gasteiger partial charge in [-0.15, -0.1) is 0 Å². The summed E-state index contributed by atoms with van der Waals surface area (Å²) in [5.74, 6) is -2.53. The highest BCUT2D eigenvalue weighted by atomic mass is 19.4. The maximum absolute atomic E-state index is 12.5. The summed E-state index contributed by atoms with van der Waals surface area (Å²) in [7, 11) is 0. The van der Waals surface area contributed by atoms with Gasteiger partial charge in [-0.3, -0.25) is 9.78 Å². The third kappa shape index (κ3) is 8.05. The molecule has 2 aromatic rings. The van der Waals surface area contributed by atoms with Crippen molar-refractivity contribution in [1.82, 2.24) is 14.5 Å². The molecule has 1 aliphatic rings. The molecule has 1 unspecified atom stereocenters. The fourth-order valence-corrected chi connectivity index (χ4v) is 3.03. The summed E-state index contributed by atoms with van der Waals surface area (Å²) in [6.07, 6.45) is 3.15. The molecule has 0 radical (unpaired) electrons. The number of halogens is 3. The highest BCUT2D eigenvalue weighted by Crippen LogP contribution is 2.18. The number of hydrogen-bond acceptors (Lipinski definition) is 4. The van der Waals surface area contributed by atoms with Crippen molar-refractivity contribution in [2.75, 3.05) is 6.54 Å². The van der Waals surface area contributed by atoms with Crippen LogP contribution in [-0.2, 0) is 34.0 Å². The Bertz CT molecular complexity index is 840. The number of fused-ring (bicyclic) bond motifs is 1. The zero-order valence-corrected chi connectivity index (χ0v) is 17.2. The van der Waals surface area contributed by atoms with Crippen LogP contribution in [0, 0.1) is 0 Å². The molecule has 31 heavy (non-hydrogen) atoms. The van der Waals surface area contributed by atoms with E-state index in [-0.39, 0.29) is 12.0 Å². The number of unbranched alkanes of at least 4 members (excludes halogenated alkanes) is 1. The van der Waals surface area contributed by atoms with Crippen molar-refractivity contribution in [3.63, 3.8) is 0 Å². The first kappa shape index (κ1) is 24.4. The van der Waals surface area contributed by atoms with Crippen LogP contribution in [0.1, 0.15) is 37.4 Å². The number of aromatic nitrogens is 2. The lowest BCUT2D eigenvalue weighted by Gasteiger charge is -2.24. The Balaban J connectivity index is 0.000000423. The standard InChI is InChI=1S/C19H25N3O2.C2HF3O2/c1-2-3-8-19(23)22-12-17-7-5-10-21(17)13-18(14-22)24-15-16-6-4-9-20-11-16;3-2(4,5)1(6)7/h4-7,9-11,18H,2-3,8,12-15H2,1H3;(H,6,7). The van der Waals surface area contributed by atoms with Gasteiger partial charge in [0.1, 0.15) is 0 Å². The molecule has 10 heteroatoms. The van der Waals surface area contributed by atoms with Gasteiger partial charge in [0.15, 0.2) is 0 Å². The normalized spacial score (nSPS) is 16.0. The van der Waals surface area contributed by atoms with Crippen LogP contribution in [-0.4, -0.2) is 50.3 Å². The van der Waals surface area contributed by atoms with Crippen molar-refractivity contribution in [1.29, 1.82) is 0 Å². The fraction of sp³-hybridized carbons (Fsp3) is 0.476. The van der Waals surface area contributed by atoms with Crippen LogP contribution in [0.5, 0.6) is 0 Å². The molecule has 0 aromatic carbocycles. The van der Waals surface area contributed by atoms with E-state index in [1.807, 2.05) is 29.3 Å². The molecule has 1 amide bonds. The van der Waals surface area contributed by atoms with Crippen LogP contribution in [0.3, 0.4) is 0 Å². The van der Waals surface area contributed by atoms with Crippen molar-refractivity contribution in [3.8, 4) is 0 Å². The summed E-state index contributed by atoms with van der Waals surface area (Å²) in [6, 6.07) is 8.04. The monoisotopic (exact) mass is 441 g/mol. The topological polar surface area (TPSA) is 84.7 Å². The molecule has 0 bridgehead atoms. The number of amides is 1. The Morgan fingerprint density at radius 2 is 2.00 bits per heavy atom. The number of hydrogen-bond donors (Lipinski definition) is 1. The Kier molecular flexibility index (Phi) is 9.04. The van der Waals surface area contributed by atoms with E-state index in [2.05, 4.69) is 28.7 Å². The van der Waals surface area contributed by atoms with Crippen LogP contribution < -0.4 is 0 Å². The van der Waals surface area contributed by atoms with E-state index in [1.165, 1.54) is 5.69 Å². The molecule has 0 spiro atoms. The van der Waals surface area contributed by atoms with Crippen molar-refractivity contribution >= 4 is 11.9 Å². The summed E-state index contributed by atoms with van der Waals surface area (Å²) in [5.41, 5.74) is 2.23. The molecule has 0 aliphatic carbocycles. The van der Waals surface area contributed by atoms with Gasteiger partial charge < -0.3 is 19.3 Å². The van der Waals surface area contributed by atoms with Crippen molar-refractivity contribution in [2.24, 2.45) is 0 Å². The van der Waals surface area contributed by atoms with Crippen LogP contribution >= 0.6 is 0 Å². The SMILES string of the molecule is CCCCC(=O)N1Cc2cccn2CC(OCc2cccnc2)C1.O=C(O)C(F)(F)F. The molecular weight excluding hydrogens is 415 g/mol. The minimum absolute atomic E-state index is 0.00978. The van der Waals surface area contributed by atoms with E-state index < -0.39 is 12.1 Å². The number of aliphatic carboxylic acids is 1. The van der Waals surface area contributed by atoms with Gasteiger partial charge in [0, 0.05) is 37.3 Å². The molecule has 0 fully saturated rings. The average Bonchev–Trinajstić information content (AvgIpc) is 3.08. The first-order valence-corrected chi connectivity index (χ1v) is 9.93. The van der Waals surface area contributed by atoms with Crippen LogP contribution in [0.4, 0.5) is 13.2 Å². The lowest BCUT2D eigenvalue weighted by molar-refractivity contribution is -0.192. The molecule has 1 N–H and O–H groups in total. The van der Waals surface area contributed by atoms with Gasteiger partial charge in [0.05, 0.1) is 25.8 Å². The van der Waals surface area contributed by atoms with E-state index in [0.29, 0.717) is 26.1 Å². The minimum Gasteiger partial charge on any atom is -0.475 e. The maximum atomic E-state index is 12.5.